The maximum absolute atomic E-state index is 10.7. The topological polar surface area (TPSA) is 77.8 Å². The van der Waals surface area contributed by atoms with Crippen molar-refractivity contribution in [3.05, 3.63) is 11.6 Å². The molecule has 1 heterocycles. The number of amides is 1. The highest BCUT2D eigenvalue weighted by Crippen LogP contribution is 2.20. The number of rotatable bonds is 2. The Morgan fingerprint density at radius 2 is 2.21 bits per heavy atom. The number of carboxylic acids is 1. The molecule has 0 saturated heterocycles. The number of carbonyl (C=O) groups is 2. The van der Waals surface area contributed by atoms with Crippen molar-refractivity contribution < 1.29 is 19.8 Å². The van der Waals surface area contributed by atoms with E-state index < -0.39 is 12.1 Å². The van der Waals surface area contributed by atoms with Crippen LogP contribution in [-0.4, -0.2) is 39.8 Å². The first-order valence-electron chi connectivity index (χ1n) is 4.48. The van der Waals surface area contributed by atoms with Crippen LogP contribution in [0.25, 0.3) is 0 Å². The summed E-state index contributed by atoms with van der Waals surface area (Å²) in [5.74, 6) is -0.950. The molecule has 0 spiro atoms. The molecule has 5 nitrogen and oxygen atoms in total. The molecule has 5 heteroatoms. The molecule has 0 aliphatic carbocycles. The van der Waals surface area contributed by atoms with E-state index in [1.165, 1.54) is 11.0 Å². The van der Waals surface area contributed by atoms with Crippen molar-refractivity contribution in [2.45, 2.75) is 25.8 Å². The molecule has 0 bridgehead atoms. The summed E-state index contributed by atoms with van der Waals surface area (Å²) < 4.78 is 0. The number of nitrogens with zero attached hydrogens (tertiary/aromatic N) is 1. The zero-order valence-electron chi connectivity index (χ0n) is 7.93. The quantitative estimate of drug-likeness (QED) is 0.699. The second-order valence-corrected chi connectivity index (χ2v) is 3.24. The molecular weight excluding hydrogens is 186 g/mol. The molecule has 2 N–H and O–H groups in total. The van der Waals surface area contributed by atoms with Crippen LogP contribution in [0.1, 0.15) is 19.8 Å². The lowest BCUT2D eigenvalue weighted by atomic mass is 9.99. The van der Waals surface area contributed by atoms with Crippen LogP contribution in [0.5, 0.6) is 0 Å². The Labute approximate surface area is 81.6 Å². The maximum Gasteiger partial charge on any atom is 0.407 e. The molecule has 0 aromatic rings. The van der Waals surface area contributed by atoms with Gasteiger partial charge in [-0.25, -0.2) is 9.59 Å². The highest BCUT2D eigenvalue weighted by molar-refractivity contribution is 5.87. The van der Waals surface area contributed by atoms with E-state index in [1.54, 1.807) is 0 Å². The predicted molar refractivity (Wildman–Crippen MR) is 49.1 cm³/mol. The van der Waals surface area contributed by atoms with Crippen LogP contribution in [0.4, 0.5) is 4.79 Å². The minimum absolute atomic E-state index is 0.176. The largest absolute Gasteiger partial charge is 0.478 e. The van der Waals surface area contributed by atoms with Gasteiger partial charge in [-0.1, -0.05) is 13.0 Å². The van der Waals surface area contributed by atoms with E-state index in [1.807, 2.05) is 6.92 Å². The van der Waals surface area contributed by atoms with E-state index in [9.17, 15) is 9.59 Å². The summed E-state index contributed by atoms with van der Waals surface area (Å²) in [5.41, 5.74) is 0.314. The van der Waals surface area contributed by atoms with Crippen molar-refractivity contribution in [2.24, 2.45) is 0 Å². The molecule has 0 saturated carbocycles. The van der Waals surface area contributed by atoms with Gasteiger partial charge >= 0.3 is 12.1 Å². The maximum atomic E-state index is 10.7. The summed E-state index contributed by atoms with van der Waals surface area (Å²) in [6.07, 6.45) is 1.41. The van der Waals surface area contributed by atoms with E-state index in [4.69, 9.17) is 10.2 Å². The van der Waals surface area contributed by atoms with Gasteiger partial charge < -0.3 is 15.1 Å². The lowest BCUT2D eigenvalue weighted by Gasteiger charge is -2.31. The third-order valence-electron chi connectivity index (χ3n) is 2.42. The summed E-state index contributed by atoms with van der Waals surface area (Å²) in [5, 5.41) is 17.6. The zero-order valence-corrected chi connectivity index (χ0v) is 7.93. The second kappa shape index (κ2) is 4.13. The lowest BCUT2D eigenvalue weighted by molar-refractivity contribution is -0.133. The van der Waals surface area contributed by atoms with E-state index >= 15 is 0 Å². The molecule has 1 rings (SSSR count). The Hall–Kier alpha value is -1.52. The molecule has 1 atom stereocenters. The van der Waals surface area contributed by atoms with Crippen LogP contribution < -0.4 is 0 Å². The fourth-order valence-electron chi connectivity index (χ4n) is 1.58. The minimum Gasteiger partial charge on any atom is -0.478 e. The summed E-state index contributed by atoms with van der Waals surface area (Å²) in [7, 11) is 0. The van der Waals surface area contributed by atoms with Gasteiger partial charge in [-0.05, 0) is 12.8 Å². The zero-order chi connectivity index (χ0) is 10.7. The van der Waals surface area contributed by atoms with Crippen molar-refractivity contribution in [3.63, 3.8) is 0 Å². The molecule has 0 aromatic heterocycles. The van der Waals surface area contributed by atoms with Crippen molar-refractivity contribution in [2.75, 3.05) is 6.54 Å². The van der Waals surface area contributed by atoms with E-state index in [-0.39, 0.29) is 12.6 Å². The molecular formula is C9H13NO4. The number of aliphatic carboxylic acids is 1. The van der Waals surface area contributed by atoms with Crippen LogP contribution in [0.15, 0.2) is 11.6 Å². The molecule has 1 aliphatic rings. The highest BCUT2D eigenvalue weighted by Gasteiger charge is 2.27. The Bertz CT molecular complexity index is 285. The van der Waals surface area contributed by atoms with Gasteiger partial charge in [-0.15, -0.1) is 0 Å². The Morgan fingerprint density at radius 3 is 2.64 bits per heavy atom. The summed E-state index contributed by atoms with van der Waals surface area (Å²) in [6, 6.07) is -0.205. The first-order chi connectivity index (χ1) is 6.56. The lowest BCUT2D eigenvalue weighted by Crippen LogP contribution is -2.42. The van der Waals surface area contributed by atoms with Gasteiger partial charge in [0, 0.05) is 18.2 Å². The molecule has 0 unspecified atom stereocenters. The Balaban J connectivity index is 2.79. The first-order valence-corrected chi connectivity index (χ1v) is 4.48. The van der Waals surface area contributed by atoms with Gasteiger partial charge in [0.1, 0.15) is 0 Å². The van der Waals surface area contributed by atoms with Gasteiger partial charge in [0.05, 0.1) is 0 Å². The van der Waals surface area contributed by atoms with Gasteiger partial charge in [0.15, 0.2) is 0 Å². The van der Waals surface area contributed by atoms with Crippen molar-refractivity contribution in [1.82, 2.24) is 4.90 Å². The molecule has 0 radical (unpaired) electrons. The average molecular weight is 199 g/mol. The number of hydrogen-bond acceptors (Lipinski definition) is 2. The summed E-state index contributed by atoms with van der Waals surface area (Å²) >= 11 is 0. The Morgan fingerprint density at radius 1 is 1.57 bits per heavy atom. The smallest absolute Gasteiger partial charge is 0.407 e. The second-order valence-electron chi connectivity index (χ2n) is 3.24. The van der Waals surface area contributed by atoms with Crippen molar-refractivity contribution in [1.29, 1.82) is 0 Å². The first kappa shape index (κ1) is 10.6. The molecule has 1 amide bonds. The van der Waals surface area contributed by atoms with Crippen LogP contribution >= 0.6 is 0 Å². The standard InChI is InChI=1S/C9H13NO4/c1-2-7-5-6(8(11)12)3-4-10(7)9(13)14/h3,7H,2,4-5H2,1H3,(H,11,12)(H,13,14)/t7-/m1/s1. The van der Waals surface area contributed by atoms with Crippen LogP contribution in [0.2, 0.25) is 0 Å². The van der Waals surface area contributed by atoms with Crippen molar-refractivity contribution in [3.8, 4) is 0 Å². The van der Waals surface area contributed by atoms with Crippen LogP contribution in [-0.2, 0) is 4.79 Å². The van der Waals surface area contributed by atoms with Gasteiger partial charge in [-0.2, -0.15) is 0 Å². The number of hydrogen-bond donors (Lipinski definition) is 2. The molecule has 14 heavy (non-hydrogen) atoms. The fourth-order valence-corrected chi connectivity index (χ4v) is 1.58. The average Bonchev–Trinajstić information content (AvgIpc) is 2.16. The van der Waals surface area contributed by atoms with Crippen molar-refractivity contribution >= 4 is 12.1 Å². The van der Waals surface area contributed by atoms with Gasteiger partial charge in [-0.3, -0.25) is 0 Å². The normalized spacial score (nSPS) is 21.6. The molecule has 1 aliphatic heterocycles. The van der Waals surface area contributed by atoms with E-state index in [0.717, 1.165) is 0 Å². The molecule has 0 fully saturated rings. The van der Waals surface area contributed by atoms with Gasteiger partial charge in [0.2, 0.25) is 0 Å². The Kier molecular flexibility index (Phi) is 3.11. The minimum atomic E-state index is -0.988. The summed E-state index contributed by atoms with van der Waals surface area (Å²) in [4.78, 5) is 22.7. The third kappa shape index (κ3) is 2.04. The van der Waals surface area contributed by atoms with Crippen LogP contribution in [0.3, 0.4) is 0 Å². The third-order valence-corrected chi connectivity index (χ3v) is 2.42. The molecule has 0 aromatic carbocycles. The predicted octanol–water partition coefficient (Wildman–Crippen LogP) is 1.16. The van der Waals surface area contributed by atoms with Gasteiger partial charge in [0.25, 0.3) is 0 Å². The van der Waals surface area contributed by atoms with E-state index in [0.29, 0.717) is 18.4 Å². The summed E-state index contributed by atoms with van der Waals surface area (Å²) in [6.45, 7) is 2.03. The monoisotopic (exact) mass is 199 g/mol. The number of carboxylic acid groups (broad SMARTS) is 2. The van der Waals surface area contributed by atoms with E-state index in [2.05, 4.69) is 0 Å². The van der Waals surface area contributed by atoms with Crippen LogP contribution in [0, 0.1) is 0 Å². The fraction of sp³-hybridized carbons (Fsp3) is 0.556. The highest BCUT2D eigenvalue weighted by atomic mass is 16.4. The SMILES string of the molecule is CC[C@@H]1CC(C(=O)O)=CCN1C(=O)O. The molecule has 78 valence electrons.